The SMILES string of the molecule is COc1ccc([N+](=O)[O-])cc1OCC(=O)N1C[C@@H](C)N(Cc2ccc(F)cc2)C[C@@H]1C.Cl. The van der Waals surface area contributed by atoms with Crippen LogP contribution in [0.15, 0.2) is 42.5 Å². The Kier molecular flexibility index (Phi) is 8.80. The Labute approximate surface area is 192 Å². The topological polar surface area (TPSA) is 85.2 Å². The first kappa shape index (κ1) is 25.4. The molecule has 0 N–H and O–H groups in total. The summed E-state index contributed by atoms with van der Waals surface area (Å²) in [6.45, 7) is 5.64. The standard InChI is InChI=1S/C22H26FN3O5.ClH/c1-15-12-25(16(2)11-24(15)13-17-4-6-18(23)7-5-17)22(27)14-31-21-10-19(26(28)29)8-9-20(21)30-3;/h4-10,15-16H,11-14H2,1-3H3;1H/t15-,16+;/m1./s1. The van der Waals surface area contributed by atoms with Crippen LogP contribution in [0.5, 0.6) is 11.5 Å². The molecule has 10 heteroatoms. The number of methoxy groups -OCH3 is 1. The highest BCUT2D eigenvalue weighted by molar-refractivity contribution is 5.85. The van der Waals surface area contributed by atoms with Gasteiger partial charge in [0, 0.05) is 37.8 Å². The van der Waals surface area contributed by atoms with E-state index in [1.807, 2.05) is 13.8 Å². The molecule has 0 aromatic heterocycles. The average molecular weight is 468 g/mol. The molecule has 2 atom stereocenters. The molecule has 1 aliphatic heterocycles. The number of nitrogens with zero attached hydrogens (tertiary/aromatic N) is 3. The molecule has 1 fully saturated rings. The van der Waals surface area contributed by atoms with Crippen LogP contribution in [0.1, 0.15) is 19.4 Å². The lowest BCUT2D eigenvalue weighted by molar-refractivity contribution is -0.385. The van der Waals surface area contributed by atoms with Gasteiger partial charge in [-0.2, -0.15) is 0 Å². The fourth-order valence-electron chi connectivity index (χ4n) is 3.70. The van der Waals surface area contributed by atoms with Crippen LogP contribution in [0, 0.1) is 15.9 Å². The fraction of sp³-hybridized carbons (Fsp3) is 0.409. The highest BCUT2D eigenvalue weighted by Crippen LogP contribution is 2.31. The molecule has 3 rings (SSSR count). The number of hydrogen-bond acceptors (Lipinski definition) is 6. The highest BCUT2D eigenvalue weighted by atomic mass is 35.5. The number of carbonyl (C=O) groups excluding carboxylic acids is 1. The van der Waals surface area contributed by atoms with Crippen LogP contribution in [-0.2, 0) is 11.3 Å². The molecule has 2 aromatic rings. The first-order valence-electron chi connectivity index (χ1n) is 10.0. The maximum Gasteiger partial charge on any atom is 0.273 e. The van der Waals surface area contributed by atoms with Crippen LogP contribution < -0.4 is 9.47 Å². The smallest absolute Gasteiger partial charge is 0.273 e. The molecule has 0 bridgehead atoms. The molecule has 8 nitrogen and oxygen atoms in total. The van der Waals surface area contributed by atoms with Gasteiger partial charge >= 0.3 is 0 Å². The molecule has 0 aliphatic carbocycles. The number of piperazine rings is 1. The number of halogens is 2. The van der Waals surface area contributed by atoms with Crippen molar-refractivity contribution in [2.24, 2.45) is 0 Å². The number of rotatable bonds is 7. The molecule has 1 heterocycles. The Morgan fingerprint density at radius 1 is 1.12 bits per heavy atom. The highest BCUT2D eigenvalue weighted by Gasteiger charge is 2.32. The minimum Gasteiger partial charge on any atom is -0.493 e. The van der Waals surface area contributed by atoms with Crippen LogP contribution in [0.2, 0.25) is 0 Å². The molecule has 0 unspecified atom stereocenters. The minimum absolute atomic E-state index is 0. The van der Waals surface area contributed by atoms with Crippen molar-refractivity contribution >= 4 is 24.0 Å². The first-order valence-corrected chi connectivity index (χ1v) is 10.0. The lowest BCUT2D eigenvalue weighted by Gasteiger charge is -2.44. The Hall–Kier alpha value is -2.91. The Morgan fingerprint density at radius 3 is 2.44 bits per heavy atom. The molecule has 32 heavy (non-hydrogen) atoms. The predicted molar refractivity (Wildman–Crippen MR) is 120 cm³/mol. The second-order valence-electron chi connectivity index (χ2n) is 7.68. The number of benzene rings is 2. The largest absolute Gasteiger partial charge is 0.493 e. The van der Waals surface area contributed by atoms with Crippen molar-refractivity contribution < 1.29 is 23.6 Å². The maximum absolute atomic E-state index is 13.1. The number of nitro benzene ring substituents is 1. The lowest BCUT2D eigenvalue weighted by Crippen LogP contribution is -2.58. The lowest BCUT2D eigenvalue weighted by atomic mass is 10.1. The van der Waals surface area contributed by atoms with Gasteiger partial charge in [0.1, 0.15) is 5.82 Å². The minimum atomic E-state index is -0.530. The van der Waals surface area contributed by atoms with E-state index in [2.05, 4.69) is 4.90 Å². The molecule has 0 saturated carbocycles. The maximum atomic E-state index is 13.1. The van der Waals surface area contributed by atoms with Crippen molar-refractivity contribution in [3.05, 3.63) is 64.0 Å². The molecule has 2 aromatic carbocycles. The summed E-state index contributed by atoms with van der Waals surface area (Å²) in [4.78, 5) is 27.3. The summed E-state index contributed by atoms with van der Waals surface area (Å²) >= 11 is 0. The van der Waals surface area contributed by atoms with Gasteiger partial charge < -0.3 is 14.4 Å². The van der Waals surface area contributed by atoms with Crippen molar-refractivity contribution in [2.75, 3.05) is 26.8 Å². The van der Waals surface area contributed by atoms with Gasteiger partial charge in [-0.05, 0) is 37.6 Å². The number of amides is 1. The van der Waals surface area contributed by atoms with Crippen LogP contribution in [-0.4, -0.2) is 59.5 Å². The average Bonchev–Trinajstić information content (AvgIpc) is 2.75. The summed E-state index contributed by atoms with van der Waals surface area (Å²) in [5.74, 6) is 0.0138. The molecule has 1 amide bonds. The van der Waals surface area contributed by atoms with Crippen LogP contribution in [0.4, 0.5) is 10.1 Å². The van der Waals surface area contributed by atoms with E-state index in [1.165, 1.54) is 37.4 Å². The van der Waals surface area contributed by atoms with Gasteiger partial charge in [0.15, 0.2) is 18.1 Å². The van der Waals surface area contributed by atoms with E-state index in [4.69, 9.17) is 9.47 Å². The zero-order chi connectivity index (χ0) is 22.5. The monoisotopic (exact) mass is 467 g/mol. The predicted octanol–water partition coefficient (Wildman–Crippen LogP) is 3.66. The van der Waals surface area contributed by atoms with Gasteiger partial charge in [-0.25, -0.2) is 4.39 Å². The Balaban J connectivity index is 0.00000363. The molecule has 0 spiro atoms. The third kappa shape index (κ3) is 6.08. The van der Waals surface area contributed by atoms with E-state index in [9.17, 15) is 19.3 Å². The van der Waals surface area contributed by atoms with Gasteiger partial charge in [0.2, 0.25) is 0 Å². The summed E-state index contributed by atoms with van der Waals surface area (Å²) in [7, 11) is 1.43. The fourth-order valence-corrected chi connectivity index (χ4v) is 3.70. The molecule has 174 valence electrons. The molecule has 1 aliphatic rings. The summed E-state index contributed by atoms with van der Waals surface area (Å²) in [5.41, 5.74) is 0.876. The normalized spacial score (nSPS) is 18.6. The van der Waals surface area contributed by atoms with Gasteiger partial charge in [0.05, 0.1) is 18.1 Å². The van der Waals surface area contributed by atoms with Crippen molar-refractivity contribution in [3.63, 3.8) is 0 Å². The number of hydrogen-bond donors (Lipinski definition) is 0. The van der Waals surface area contributed by atoms with Gasteiger partial charge in [0.25, 0.3) is 11.6 Å². The van der Waals surface area contributed by atoms with E-state index >= 15 is 0 Å². The molecule has 0 radical (unpaired) electrons. The molecular formula is C22H27ClFN3O5. The van der Waals surface area contributed by atoms with E-state index in [0.29, 0.717) is 25.4 Å². The summed E-state index contributed by atoms with van der Waals surface area (Å²) < 4.78 is 23.9. The summed E-state index contributed by atoms with van der Waals surface area (Å²) in [6.07, 6.45) is 0. The summed E-state index contributed by atoms with van der Waals surface area (Å²) in [6, 6.07) is 10.5. The number of carbonyl (C=O) groups is 1. The zero-order valence-electron chi connectivity index (χ0n) is 18.2. The van der Waals surface area contributed by atoms with Gasteiger partial charge in [-0.3, -0.25) is 19.8 Å². The van der Waals surface area contributed by atoms with E-state index < -0.39 is 4.92 Å². The van der Waals surface area contributed by atoms with E-state index in [0.717, 1.165) is 5.56 Å². The Bertz CT molecular complexity index is 944. The van der Waals surface area contributed by atoms with Crippen molar-refractivity contribution in [2.45, 2.75) is 32.5 Å². The summed E-state index contributed by atoms with van der Waals surface area (Å²) in [5, 5.41) is 11.0. The van der Waals surface area contributed by atoms with Crippen molar-refractivity contribution in [1.29, 1.82) is 0 Å². The van der Waals surface area contributed by atoms with Crippen LogP contribution in [0.3, 0.4) is 0 Å². The first-order chi connectivity index (χ1) is 14.8. The van der Waals surface area contributed by atoms with E-state index in [-0.39, 0.29) is 54.3 Å². The quantitative estimate of drug-likeness (QED) is 0.456. The number of ether oxygens (including phenoxy) is 2. The molecular weight excluding hydrogens is 441 g/mol. The second-order valence-corrected chi connectivity index (χ2v) is 7.68. The van der Waals surface area contributed by atoms with E-state index in [1.54, 1.807) is 17.0 Å². The second kappa shape index (κ2) is 11.1. The van der Waals surface area contributed by atoms with Crippen LogP contribution >= 0.6 is 12.4 Å². The Morgan fingerprint density at radius 2 is 1.81 bits per heavy atom. The van der Waals surface area contributed by atoms with Gasteiger partial charge in [-0.1, -0.05) is 12.1 Å². The van der Waals surface area contributed by atoms with Crippen LogP contribution in [0.25, 0.3) is 0 Å². The molecule has 1 saturated heterocycles. The van der Waals surface area contributed by atoms with Gasteiger partial charge in [-0.15, -0.1) is 12.4 Å². The van der Waals surface area contributed by atoms with Crippen molar-refractivity contribution in [1.82, 2.24) is 9.80 Å². The third-order valence-corrected chi connectivity index (χ3v) is 5.44. The number of non-ortho nitro benzene ring substituents is 1. The van der Waals surface area contributed by atoms with Crippen molar-refractivity contribution in [3.8, 4) is 11.5 Å². The zero-order valence-corrected chi connectivity index (χ0v) is 19.0. The third-order valence-electron chi connectivity index (χ3n) is 5.44. The number of nitro groups is 1.